The fourth-order valence-electron chi connectivity index (χ4n) is 1.55. The first-order chi connectivity index (χ1) is 8.29. The number of thioether (sulfide) groups is 1. The first kappa shape index (κ1) is 14.6. The van der Waals surface area contributed by atoms with Crippen LogP contribution in [0.25, 0.3) is 0 Å². The van der Waals surface area contributed by atoms with Gasteiger partial charge in [0.15, 0.2) is 0 Å². The molecule has 3 heteroatoms. The van der Waals surface area contributed by atoms with E-state index in [2.05, 4.69) is 54.6 Å². The highest BCUT2D eigenvalue weighted by Gasteiger charge is 1.93. The lowest BCUT2D eigenvalue weighted by Crippen LogP contribution is -2.23. The second-order valence-corrected chi connectivity index (χ2v) is 5.55. The summed E-state index contributed by atoms with van der Waals surface area (Å²) in [5, 5.41) is 3.48. The van der Waals surface area contributed by atoms with Gasteiger partial charge in [0.2, 0.25) is 0 Å². The number of benzene rings is 1. The molecule has 0 saturated carbocycles. The predicted molar refractivity (Wildman–Crippen MR) is 78.6 cm³/mol. The quantitative estimate of drug-likeness (QED) is 0.680. The average molecular weight is 252 g/mol. The van der Waals surface area contributed by atoms with E-state index in [0.29, 0.717) is 0 Å². The van der Waals surface area contributed by atoms with Crippen molar-refractivity contribution in [3.8, 4) is 0 Å². The number of nitrogens with one attached hydrogen (secondary N) is 1. The maximum Gasteiger partial charge on any atom is 0.0185 e. The Labute approximate surface area is 110 Å². The van der Waals surface area contributed by atoms with Gasteiger partial charge in [-0.1, -0.05) is 30.3 Å². The van der Waals surface area contributed by atoms with Crippen molar-refractivity contribution in [3.63, 3.8) is 0 Å². The lowest BCUT2D eigenvalue weighted by atomic mass is 10.2. The van der Waals surface area contributed by atoms with Crippen molar-refractivity contribution in [3.05, 3.63) is 35.9 Å². The fraction of sp³-hybridized carbons (Fsp3) is 0.571. The molecule has 1 N–H and O–H groups in total. The Morgan fingerprint density at radius 3 is 2.59 bits per heavy atom. The minimum Gasteiger partial charge on any atom is -0.316 e. The van der Waals surface area contributed by atoms with Crippen LogP contribution in [-0.4, -0.2) is 44.4 Å². The lowest BCUT2D eigenvalue weighted by Gasteiger charge is -2.09. The summed E-state index contributed by atoms with van der Waals surface area (Å²) in [7, 11) is 4.24. The molecule has 1 aromatic carbocycles. The van der Waals surface area contributed by atoms with Crippen LogP contribution in [0.1, 0.15) is 12.0 Å². The Morgan fingerprint density at radius 2 is 1.88 bits per heavy atom. The molecule has 0 bridgehead atoms. The summed E-state index contributed by atoms with van der Waals surface area (Å²) in [5.41, 5.74) is 1.42. The molecule has 0 aromatic heterocycles. The molecular weight excluding hydrogens is 228 g/mol. The molecule has 0 aliphatic rings. The van der Waals surface area contributed by atoms with Crippen LogP contribution in [0.15, 0.2) is 30.3 Å². The Balaban J connectivity index is 1.88. The van der Waals surface area contributed by atoms with Gasteiger partial charge in [0, 0.05) is 18.1 Å². The highest BCUT2D eigenvalue weighted by Crippen LogP contribution is 2.10. The zero-order valence-electron chi connectivity index (χ0n) is 11.0. The van der Waals surface area contributed by atoms with Gasteiger partial charge in [0.1, 0.15) is 0 Å². The van der Waals surface area contributed by atoms with Gasteiger partial charge in [-0.05, 0) is 39.2 Å². The summed E-state index contributed by atoms with van der Waals surface area (Å²) < 4.78 is 0. The lowest BCUT2D eigenvalue weighted by molar-refractivity contribution is 0.396. The smallest absolute Gasteiger partial charge is 0.0185 e. The fourth-order valence-corrected chi connectivity index (χ4v) is 2.42. The van der Waals surface area contributed by atoms with Gasteiger partial charge in [-0.2, -0.15) is 11.8 Å². The normalized spacial score (nSPS) is 11.0. The van der Waals surface area contributed by atoms with Gasteiger partial charge < -0.3 is 10.2 Å². The van der Waals surface area contributed by atoms with Crippen LogP contribution < -0.4 is 5.32 Å². The molecule has 0 saturated heterocycles. The Bertz CT molecular complexity index is 275. The summed E-state index contributed by atoms with van der Waals surface area (Å²) in [4.78, 5) is 2.23. The van der Waals surface area contributed by atoms with E-state index >= 15 is 0 Å². The molecular formula is C14H24N2S. The molecule has 0 heterocycles. The molecule has 0 aliphatic heterocycles. The van der Waals surface area contributed by atoms with Crippen molar-refractivity contribution in [2.24, 2.45) is 0 Å². The summed E-state index contributed by atoms with van der Waals surface area (Å²) in [6, 6.07) is 10.7. The Kier molecular flexibility index (Phi) is 8.14. The topological polar surface area (TPSA) is 15.3 Å². The van der Waals surface area contributed by atoms with E-state index in [1.807, 2.05) is 11.8 Å². The minimum absolute atomic E-state index is 1.12. The van der Waals surface area contributed by atoms with Gasteiger partial charge in [-0.15, -0.1) is 0 Å². The standard InChI is InChI=1S/C14H24N2S/c1-16(2)11-6-9-15-10-12-17-13-14-7-4-3-5-8-14/h3-5,7-8,15H,6,9-13H2,1-2H3. The summed E-state index contributed by atoms with van der Waals surface area (Å²) in [5.74, 6) is 2.32. The van der Waals surface area contributed by atoms with E-state index in [0.717, 1.165) is 18.8 Å². The summed E-state index contributed by atoms with van der Waals surface area (Å²) in [6.07, 6.45) is 1.23. The van der Waals surface area contributed by atoms with Crippen LogP contribution in [0.3, 0.4) is 0 Å². The van der Waals surface area contributed by atoms with Crippen LogP contribution in [0.2, 0.25) is 0 Å². The molecule has 0 atom stereocenters. The van der Waals surface area contributed by atoms with Crippen LogP contribution in [-0.2, 0) is 5.75 Å². The van der Waals surface area contributed by atoms with E-state index in [9.17, 15) is 0 Å². The molecule has 17 heavy (non-hydrogen) atoms. The van der Waals surface area contributed by atoms with E-state index in [4.69, 9.17) is 0 Å². The summed E-state index contributed by atoms with van der Waals surface area (Å²) in [6.45, 7) is 3.42. The molecule has 0 amide bonds. The third-order valence-corrected chi connectivity index (χ3v) is 3.52. The maximum absolute atomic E-state index is 3.48. The van der Waals surface area contributed by atoms with Gasteiger partial charge in [-0.25, -0.2) is 0 Å². The van der Waals surface area contributed by atoms with Gasteiger partial charge in [0.05, 0.1) is 0 Å². The van der Waals surface area contributed by atoms with Crippen molar-refractivity contribution in [1.29, 1.82) is 0 Å². The average Bonchev–Trinajstić information content (AvgIpc) is 2.33. The first-order valence-corrected chi connectivity index (χ1v) is 7.41. The molecule has 0 radical (unpaired) electrons. The zero-order valence-corrected chi connectivity index (χ0v) is 11.8. The van der Waals surface area contributed by atoms with E-state index in [1.54, 1.807) is 0 Å². The highest BCUT2D eigenvalue weighted by molar-refractivity contribution is 7.98. The zero-order chi connectivity index (χ0) is 12.3. The number of rotatable bonds is 9. The molecule has 96 valence electrons. The monoisotopic (exact) mass is 252 g/mol. The van der Waals surface area contributed by atoms with E-state index in [-0.39, 0.29) is 0 Å². The van der Waals surface area contributed by atoms with Crippen molar-refractivity contribution in [2.75, 3.05) is 39.5 Å². The minimum atomic E-state index is 1.12. The van der Waals surface area contributed by atoms with E-state index < -0.39 is 0 Å². The molecule has 1 aromatic rings. The van der Waals surface area contributed by atoms with Crippen molar-refractivity contribution >= 4 is 11.8 Å². The predicted octanol–water partition coefficient (Wildman–Crippen LogP) is 2.46. The second kappa shape index (κ2) is 9.51. The number of hydrogen-bond acceptors (Lipinski definition) is 3. The molecule has 1 rings (SSSR count). The highest BCUT2D eigenvalue weighted by atomic mass is 32.2. The third-order valence-electron chi connectivity index (χ3n) is 2.49. The summed E-state index contributed by atoms with van der Waals surface area (Å²) >= 11 is 2.00. The van der Waals surface area contributed by atoms with Gasteiger partial charge >= 0.3 is 0 Å². The van der Waals surface area contributed by atoms with Crippen molar-refractivity contribution in [2.45, 2.75) is 12.2 Å². The molecule has 2 nitrogen and oxygen atoms in total. The third kappa shape index (κ3) is 8.25. The molecule has 0 unspecified atom stereocenters. The molecule has 0 fully saturated rings. The van der Waals surface area contributed by atoms with Crippen LogP contribution in [0.5, 0.6) is 0 Å². The van der Waals surface area contributed by atoms with Crippen LogP contribution >= 0.6 is 11.8 Å². The first-order valence-electron chi connectivity index (χ1n) is 6.26. The van der Waals surface area contributed by atoms with Crippen molar-refractivity contribution in [1.82, 2.24) is 10.2 Å². The molecule has 0 spiro atoms. The Morgan fingerprint density at radius 1 is 1.12 bits per heavy atom. The van der Waals surface area contributed by atoms with Gasteiger partial charge in [0.25, 0.3) is 0 Å². The van der Waals surface area contributed by atoms with Crippen LogP contribution in [0.4, 0.5) is 0 Å². The Hall–Kier alpha value is -0.510. The largest absolute Gasteiger partial charge is 0.316 e. The van der Waals surface area contributed by atoms with Crippen LogP contribution in [0, 0.1) is 0 Å². The van der Waals surface area contributed by atoms with Gasteiger partial charge in [-0.3, -0.25) is 0 Å². The number of nitrogens with zero attached hydrogens (tertiary/aromatic N) is 1. The SMILES string of the molecule is CN(C)CCCNCCSCc1ccccc1. The van der Waals surface area contributed by atoms with Crippen molar-refractivity contribution < 1.29 is 0 Å². The van der Waals surface area contributed by atoms with E-state index in [1.165, 1.54) is 24.3 Å². The second-order valence-electron chi connectivity index (χ2n) is 4.45. The molecule has 0 aliphatic carbocycles. The number of hydrogen-bond donors (Lipinski definition) is 1. The maximum atomic E-state index is 3.48.